The Hall–Kier alpha value is -0.600. The van der Waals surface area contributed by atoms with Crippen LogP contribution in [0.2, 0.25) is 5.02 Å². The van der Waals surface area contributed by atoms with Crippen molar-refractivity contribution in [3.63, 3.8) is 0 Å². The summed E-state index contributed by atoms with van der Waals surface area (Å²) >= 11 is 5.70. The second-order valence-electron chi connectivity index (χ2n) is 5.10. The van der Waals surface area contributed by atoms with E-state index < -0.39 is 11.9 Å². The maximum Gasteiger partial charge on any atom is 0.141 e. The topological polar surface area (TPSA) is 20.2 Å². The Morgan fingerprint density at radius 1 is 1.11 bits per heavy atom. The molecule has 1 rings (SSSR count). The molecule has 1 N–H and O–H groups in total. The second-order valence-corrected chi connectivity index (χ2v) is 5.51. The van der Waals surface area contributed by atoms with Crippen molar-refractivity contribution >= 4 is 11.6 Å². The van der Waals surface area contributed by atoms with Gasteiger partial charge in [0, 0.05) is 0 Å². The average molecular weight is 287 g/mol. The molecular weight excluding hydrogens is 263 g/mol. The van der Waals surface area contributed by atoms with Crippen LogP contribution >= 0.6 is 11.6 Å². The predicted octanol–water partition coefficient (Wildman–Crippen LogP) is 5.65. The molecule has 1 aromatic carbocycles. The minimum atomic E-state index is -0.534. The Bertz CT molecular complexity index is 368. The summed E-state index contributed by atoms with van der Waals surface area (Å²) in [5, 5.41) is 10.1. The normalized spacial score (nSPS) is 12.6. The Labute approximate surface area is 120 Å². The standard InChI is InChI=1S/C16H24ClFO/c1-2-3-4-5-6-7-8-9-16(19)13-10-11-15(18)14(17)12-13/h10-12,16,19H,2-9H2,1H3. The summed E-state index contributed by atoms with van der Waals surface area (Å²) in [6, 6.07) is 4.43. The molecule has 0 aliphatic rings. The second kappa shape index (κ2) is 9.33. The third-order valence-corrected chi connectivity index (χ3v) is 3.70. The van der Waals surface area contributed by atoms with E-state index in [1.165, 1.54) is 44.2 Å². The number of rotatable bonds is 9. The zero-order valence-electron chi connectivity index (χ0n) is 11.7. The van der Waals surface area contributed by atoms with Gasteiger partial charge in [-0.1, -0.05) is 69.5 Å². The largest absolute Gasteiger partial charge is 0.388 e. The predicted molar refractivity (Wildman–Crippen MR) is 79.0 cm³/mol. The number of benzene rings is 1. The van der Waals surface area contributed by atoms with Gasteiger partial charge in [0.15, 0.2) is 0 Å². The molecule has 0 amide bonds. The monoisotopic (exact) mass is 286 g/mol. The molecule has 3 heteroatoms. The van der Waals surface area contributed by atoms with E-state index in [1.807, 2.05) is 0 Å². The molecule has 0 saturated carbocycles. The SMILES string of the molecule is CCCCCCCCCC(O)c1ccc(F)c(Cl)c1. The first kappa shape index (κ1) is 16.5. The van der Waals surface area contributed by atoms with Gasteiger partial charge >= 0.3 is 0 Å². The van der Waals surface area contributed by atoms with Gasteiger partial charge in [-0.3, -0.25) is 0 Å². The molecule has 108 valence electrons. The molecule has 0 heterocycles. The lowest BCUT2D eigenvalue weighted by Crippen LogP contribution is -1.98. The van der Waals surface area contributed by atoms with Crippen molar-refractivity contribution in [3.05, 3.63) is 34.6 Å². The number of unbranched alkanes of at least 4 members (excludes halogenated alkanes) is 6. The van der Waals surface area contributed by atoms with Gasteiger partial charge < -0.3 is 5.11 Å². The first-order valence-corrected chi connectivity index (χ1v) is 7.66. The third-order valence-electron chi connectivity index (χ3n) is 3.41. The fourth-order valence-corrected chi connectivity index (χ4v) is 2.37. The van der Waals surface area contributed by atoms with Crippen molar-refractivity contribution in [2.24, 2.45) is 0 Å². The van der Waals surface area contributed by atoms with Crippen molar-refractivity contribution in [3.8, 4) is 0 Å². The van der Waals surface area contributed by atoms with Crippen LogP contribution in [0, 0.1) is 5.82 Å². The van der Waals surface area contributed by atoms with Gasteiger partial charge in [-0.05, 0) is 24.1 Å². The molecule has 0 bridgehead atoms. The highest BCUT2D eigenvalue weighted by Gasteiger charge is 2.09. The van der Waals surface area contributed by atoms with Crippen LogP contribution in [-0.2, 0) is 0 Å². The molecule has 0 spiro atoms. The molecule has 1 atom stereocenters. The van der Waals surface area contributed by atoms with Crippen molar-refractivity contribution in [1.82, 2.24) is 0 Å². The van der Waals surface area contributed by atoms with Gasteiger partial charge in [0.1, 0.15) is 5.82 Å². The summed E-state index contributed by atoms with van der Waals surface area (Å²) in [5.74, 6) is -0.437. The Kier molecular flexibility index (Phi) is 8.08. The van der Waals surface area contributed by atoms with Crippen LogP contribution in [0.3, 0.4) is 0 Å². The molecule has 19 heavy (non-hydrogen) atoms. The van der Waals surface area contributed by atoms with Crippen molar-refractivity contribution < 1.29 is 9.50 Å². The highest BCUT2D eigenvalue weighted by atomic mass is 35.5. The van der Waals surface area contributed by atoms with Crippen LogP contribution in [0.4, 0.5) is 4.39 Å². The quantitative estimate of drug-likeness (QED) is 0.581. The summed E-state index contributed by atoms with van der Waals surface area (Å²) in [7, 11) is 0. The minimum absolute atomic E-state index is 0.0797. The van der Waals surface area contributed by atoms with Gasteiger partial charge in [0.2, 0.25) is 0 Å². The van der Waals surface area contributed by atoms with E-state index in [0.29, 0.717) is 5.56 Å². The first-order chi connectivity index (χ1) is 9.15. The highest BCUT2D eigenvalue weighted by molar-refractivity contribution is 6.30. The van der Waals surface area contributed by atoms with E-state index >= 15 is 0 Å². The zero-order chi connectivity index (χ0) is 14.1. The number of hydrogen-bond acceptors (Lipinski definition) is 1. The van der Waals surface area contributed by atoms with Gasteiger partial charge in [0.05, 0.1) is 11.1 Å². The van der Waals surface area contributed by atoms with Crippen LogP contribution in [0.25, 0.3) is 0 Å². The summed E-state index contributed by atoms with van der Waals surface area (Å²) in [6.45, 7) is 2.21. The van der Waals surface area contributed by atoms with Crippen LogP contribution < -0.4 is 0 Å². The smallest absolute Gasteiger partial charge is 0.141 e. The van der Waals surface area contributed by atoms with E-state index in [2.05, 4.69) is 6.92 Å². The van der Waals surface area contributed by atoms with Crippen LogP contribution in [0.5, 0.6) is 0 Å². The molecule has 1 aromatic rings. The Morgan fingerprint density at radius 2 is 1.74 bits per heavy atom. The lowest BCUT2D eigenvalue weighted by Gasteiger charge is -2.11. The fourth-order valence-electron chi connectivity index (χ4n) is 2.18. The van der Waals surface area contributed by atoms with Crippen molar-refractivity contribution in [1.29, 1.82) is 0 Å². The lowest BCUT2D eigenvalue weighted by molar-refractivity contribution is 0.163. The van der Waals surface area contributed by atoms with Crippen LogP contribution in [0.15, 0.2) is 18.2 Å². The van der Waals surface area contributed by atoms with Gasteiger partial charge in [0.25, 0.3) is 0 Å². The van der Waals surface area contributed by atoms with E-state index in [1.54, 1.807) is 6.07 Å². The molecule has 0 aromatic heterocycles. The number of hydrogen-bond donors (Lipinski definition) is 1. The third kappa shape index (κ3) is 6.40. The molecule has 1 nitrogen and oxygen atoms in total. The van der Waals surface area contributed by atoms with E-state index in [0.717, 1.165) is 19.3 Å². The number of halogens is 2. The molecule has 0 saturated heterocycles. The first-order valence-electron chi connectivity index (χ1n) is 7.28. The van der Waals surface area contributed by atoms with Crippen molar-refractivity contribution in [2.75, 3.05) is 0 Å². The van der Waals surface area contributed by atoms with Crippen LogP contribution in [0.1, 0.15) is 70.0 Å². The Balaban J connectivity index is 2.20. The summed E-state index contributed by atoms with van der Waals surface area (Å²) in [5.41, 5.74) is 0.706. The van der Waals surface area contributed by atoms with E-state index in [4.69, 9.17) is 11.6 Å². The molecule has 1 unspecified atom stereocenters. The number of aliphatic hydroxyl groups is 1. The summed E-state index contributed by atoms with van der Waals surface area (Å²) in [6.07, 6.45) is 8.75. The average Bonchev–Trinajstić information content (AvgIpc) is 2.40. The van der Waals surface area contributed by atoms with Gasteiger partial charge in [-0.2, -0.15) is 0 Å². The summed E-state index contributed by atoms with van der Waals surface area (Å²) < 4.78 is 13.0. The lowest BCUT2D eigenvalue weighted by atomic mass is 10.0. The van der Waals surface area contributed by atoms with Crippen molar-refractivity contribution in [2.45, 2.75) is 64.4 Å². The van der Waals surface area contributed by atoms with E-state index in [9.17, 15) is 9.50 Å². The van der Waals surface area contributed by atoms with Gasteiger partial charge in [-0.15, -0.1) is 0 Å². The molecule has 0 aliphatic carbocycles. The molecular formula is C16H24ClFO. The maximum atomic E-state index is 13.0. The molecule has 0 radical (unpaired) electrons. The highest BCUT2D eigenvalue weighted by Crippen LogP contribution is 2.24. The Morgan fingerprint density at radius 3 is 2.37 bits per heavy atom. The molecule has 0 aliphatic heterocycles. The number of aliphatic hydroxyl groups excluding tert-OH is 1. The van der Waals surface area contributed by atoms with Gasteiger partial charge in [-0.25, -0.2) is 4.39 Å². The molecule has 0 fully saturated rings. The minimum Gasteiger partial charge on any atom is -0.388 e. The fraction of sp³-hybridized carbons (Fsp3) is 0.625. The van der Waals surface area contributed by atoms with Crippen LogP contribution in [-0.4, -0.2) is 5.11 Å². The summed E-state index contributed by atoms with van der Waals surface area (Å²) in [4.78, 5) is 0. The van der Waals surface area contributed by atoms with E-state index in [-0.39, 0.29) is 5.02 Å². The maximum absolute atomic E-state index is 13.0. The zero-order valence-corrected chi connectivity index (χ0v) is 12.4.